The van der Waals surface area contributed by atoms with Gasteiger partial charge in [0.05, 0.1) is 0 Å². The molecule has 0 bridgehead atoms. The maximum Gasteiger partial charge on any atom is 0.0127 e. The van der Waals surface area contributed by atoms with E-state index in [1.54, 1.807) is 0 Å². The Hall–Kier alpha value is -0.0400. The van der Waals surface area contributed by atoms with E-state index in [2.05, 4.69) is 46.4 Å². The van der Waals surface area contributed by atoms with Gasteiger partial charge in [-0.1, -0.05) is 19.8 Å². The Morgan fingerprint density at radius 2 is 1.62 bits per heavy atom. The molecule has 0 amide bonds. The molecule has 80 valence electrons. The average Bonchev–Trinajstić information content (AvgIpc) is 1.94. The van der Waals surface area contributed by atoms with Crippen LogP contribution < -0.4 is 0 Å². The van der Waals surface area contributed by atoms with Gasteiger partial charge in [0.15, 0.2) is 0 Å². The molecule has 0 atom stereocenters. The van der Waals surface area contributed by atoms with Gasteiger partial charge in [-0.3, -0.25) is 4.90 Å². The summed E-state index contributed by atoms with van der Waals surface area (Å²) < 4.78 is 0. The van der Waals surface area contributed by atoms with E-state index in [-0.39, 0.29) is 0 Å². The molecular formula is C12H27N. The van der Waals surface area contributed by atoms with Gasteiger partial charge >= 0.3 is 0 Å². The first-order chi connectivity index (χ1) is 5.89. The minimum absolute atomic E-state index is 0.321. The maximum absolute atomic E-state index is 2.59. The van der Waals surface area contributed by atoms with Crippen molar-refractivity contribution in [1.82, 2.24) is 4.90 Å². The van der Waals surface area contributed by atoms with Crippen molar-refractivity contribution in [2.75, 3.05) is 6.54 Å². The Kier molecular flexibility index (Phi) is 5.62. The lowest BCUT2D eigenvalue weighted by molar-refractivity contribution is 0.0967. The average molecular weight is 185 g/mol. The van der Waals surface area contributed by atoms with Crippen molar-refractivity contribution in [2.45, 2.75) is 72.4 Å². The molecule has 0 saturated carbocycles. The predicted octanol–water partition coefficient (Wildman–Crippen LogP) is 3.69. The van der Waals surface area contributed by atoms with Crippen LogP contribution >= 0.6 is 0 Å². The third-order valence-corrected chi connectivity index (χ3v) is 2.49. The third-order valence-electron chi connectivity index (χ3n) is 2.49. The van der Waals surface area contributed by atoms with Crippen LogP contribution in [0.15, 0.2) is 0 Å². The molecule has 0 aromatic heterocycles. The standard InChI is InChI=1S/C12H27N/c1-7-8-9-10-13(11(2)3)12(4,5)6/h11H,7-10H2,1-6H3. The van der Waals surface area contributed by atoms with Crippen molar-refractivity contribution in [2.24, 2.45) is 0 Å². The fraction of sp³-hybridized carbons (Fsp3) is 1.00. The maximum atomic E-state index is 2.59. The van der Waals surface area contributed by atoms with Gasteiger partial charge in [-0.25, -0.2) is 0 Å². The number of nitrogens with zero attached hydrogens (tertiary/aromatic N) is 1. The first-order valence-electron chi connectivity index (χ1n) is 5.66. The van der Waals surface area contributed by atoms with Crippen molar-refractivity contribution in [3.05, 3.63) is 0 Å². The lowest BCUT2D eigenvalue weighted by Gasteiger charge is -2.39. The number of rotatable bonds is 5. The third kappa shape index (κ3) is 5.30. The molecule has 0 saturated heterocycles. The molecule has 0 fully saturated rings. The molecule has 0 radical (unpaired) electrons. The van der Waals surface area contributed by atoms with Gasteiger partial charge in [0.2, 0.25) is 0 Å². The molecule has 0 aliphatic heterocycles. The van der Waals surface area contributed by atoms with Crippen molar-refractivity contribution >= 4 is 0 Å². The van der Waals surface area contributed by atoms with Crippen LogP contribution in [0.3, 0.4) is 0 Å². The van der Waals surface area contributed by atoms with E-state index in [1.807, 2.05) is 0 Å². The van der Waals surface area contributed by atoms with E-state index < -0.39 is 0 Å². The molecule has 0 aromatic carbocycles. The Bertz CT molecular complexity index is 122. The van der Waals surface area contributed by atoms with Crippen molar-refractivity contribution in [3.8, 4) is 0 Å². The monoisotopic (exact) mass is 185 g/mol. The lowest BCUT2D eigenvalue weighted by atomic mass is 10.0. The zero-order valence-corrected chi connectivity index (χ0v) is 10.4. The number of hydrogen-bond acceptors (Lipinski definition) is 1. The quantitative estimate of drug-likeness (QED) is 0.591. The summed E-state index contributed by atoms with van der Waals surface area (Å²) in [4.78, 5) is 2.59. The van der Waals surface area contributed by atoms with Gasteiger partial charge in [0, 0.05) is 11.6 Å². The Morgan fingerprint density at radius 3 is 1.92 bits per heavy atom. The molecule has 0 aliphatic carbocycles. The smallest absolute Gasteiger partial charge is 0.0127 e. The summed E-state index contributed by atoms with van der Waals surface area (Å²) in [5, 5.41) is 0. The highest BCUT2D eigenvalue weighted by molar-refractivity contribution is 4.78. The number of hydrogen-bond donors (Lipinski definition) is 0. The molecule has 0 N–H and O–H groups in total. The first kappa shape index (κ1) is 13.0. The summed E-state index contributed by atoms with van der Waals surface area (Å²) in [6, 6.07) is 0.664. The lowest BCUT2D eigenvalue weighted by Crippen LogP contribution is -2.46. The minimum atomic E-state index is 0.321. The second kappa shape index (κ2) is 5.64. The molecular weight excluding hydrogens is 158 g/mol. The minimum Gasteiger partial charge on any atom is -0.296 e. The van der Waals surface area contributed by atoms with Crippen LogP contribution in [0.1, 0.15) is 60.8 Å². The fourth-order valence-corrected chi connectivity index (χ4v) is 1.90. The molecule has 1 nitrogen and oxygen atoms in total. The summed E-state index contributed by atoms with van der Waals surface area (Å²) in [5.41, 5.74) is 0.321. The van der Waals surface area contributed by atoms with Crippen LogP contribution in [-0.2, 0) is 0 Å². The van der Waals surface area contributed by atoms with Crippen LogP contribution in [0.4, 0.5) is 0 Å². The number of unbranched alkanes of at least 4 members (excludes halogenated alkanes) is 2. The normalized spacial score (nSPS) is 12.9. The van der Waals surface area contributed by atoms with Crippen LogP contribution in [0.2, 0.25) is 0 Å². The molecule has 0 rings (SSSR count). The summed E-state index contributed by atoms with van der Waals surface area (Å²) in [6.07, 6.45) is 4.02. The Morgan fingerprint density at radius 1 is 1.08 bits per heavy atom. The summed E-state index contributed by atoms with van der Waals surface area (Å²) in [5.74, 6) is 0. The predicted molar refractivity (Wildman–Crippen MR) is 61.1 cm³/mol. The highest BCUT2D eigenvalue weighted by atomic mass is 15.2. The molecule has 13 heavy (non-hydrogen) atoms. The van der Waals surface area contributed by atoms with Gasteiger partial charge in [-0.05, 0) is 47.6 Å². The van der Waals surface area contributed by atoms with E-state index in [0.717, 1.165) is 0 Å². The van der Waals surface area contributed by atoms with Gasteiger partial charge in [-0.15, -0.1) is 0 Å². The molecule has 0 spiro atoms. The Balaban J connectivity index is 3.97. The second-order valence-corrected chi connectivity index (χ2v) is 5.17. The van der Waals surface area contributed by atoms with Gasteiger partial charge < -0.3 is 0 Å². The van der Waals surface area contributed by atoms with E-state index in [9.17, 15) is 0 Å². The molecule has 0 aromatic rings. The van der Waals surface area contributed by atoms with Crippen molar-refractivity contribution < 1.29 is 0 Å². The second-order valence-electron chi connectivity index (χ2n) is 5.17. The highest BCUT2D eigenvalue weighted by Crippen LogP contribution is 2.17. The topological polar surface area (TPSA) is 3.24 Å². The summed E-state index contributed by atoms with van der Waals surface area (Å²) >= 11 is 0. The zero-order valence-electron chi connectivity index (χ0n) is 10.4. The molecule has 1 heteroatoms. The van der Waals surface area contributed by atoms with Gasteiger partial charge in [0.25, 0.3) is 0 Å². The first-order valence-corrected chi connectivity index (χ1v) is 5.66. The van der Waals surface area contributed by atoms with E-state index in [1.165, 1.54) is 25.8 Å². The molecule has 0 unspecified atom stereocenters. The van der Waals surface area contributed by atoms with E-state index in [4.69, 9.17) is 0 Å². The van der Waals surface area contributed by atoms with Gasteiger partial charge in [-0.2, -0.15) is 0 Å². The van der Waals surface area contributed by atoms with Gasteiger partial charge in [0.1, 0.15) is 0 Å². The summed E-state index contributed by atoms with van der Waals surface area (Å²) in [7, 11) is 0. The van der Waals surface area contributed by atoms with Crippen LogP contribution in [0.5, 0.6) is 0 Å². The van der Waals surface area contributed by atoms with E-state index in [0.29, 0.717) is 11.6 Å². The Labute approximate surface area is 84.5 Å². The largest absolute Gasteiger partial charge is 0.296 e. The highest BCUT2D eigenvalue weighted by Gasteiger charge is 2.22. The van der Waals surface area contributed by atoms with Crippen LogP contribution in [0, 0.1) is 0 Å². The van der Waals surface area contributed by atoms with E-state index >= 15 is 0 Å². The fourth-order valence-electron chi connectivity index (χ4n) is 1.90. The molecule has 0 aliphatic rings. The zero-order chi connectivity index (χ0) is 10.5. The van der Waals surface area contributed by atoms with Crippen LogP contribution in [-0.4, -0.2) is 23.0 Å². The SMILES string of the molecule is CCCCCN(C(C)C)C(C)(C)C. The molecule has 0 heterocycles. The van der Waals surface area contributed by atoms with Crippen molar-refractivity contribution in [1.29, 1.82) is 0 Å². The van der Waals surface area contributed by atoms with Crippen molar-refractivity contribution in [3.63, 3.8) is 0 Å². The summed E-state index contributed by atoms with van der Waals surface area (Å²) in [6.45, 7) is 15.0. The van der Waals surface area contributed by atoms with Crippen LogP contribution in [0.25, 0.3) is 0 Å².